The van der Waals surface area contributed by atoms with Crippen molar-refractivity contribution in [3.8, 4) is 11.5 Å². The molecule has 0 saturated heterocycles. The SMILES string of the molecule is COc1ccc(N=Nc2c(N)[nH][nH]c2=O)cc1O. The number of rotatable bonds is 3. The fourth-order valence-corrected chi connectivity index (χ4v) is 1.31. The molecule has 0 fully saturated rings. The van der Waals surface area contributed by atoms with Gasteiger partial charge in [0.05, 0.1) is 12.8 Å². The number of nitrogen functional groups attached to an aromatic ring is 1. The molecule has 2 rings (SSSR count). The summed E-state index contributed by atoms with van der Waals surface area (Å²) in [4.78, 5) is 11.2. The molecule has 0 atom stereocenters. The van der Waals surface area contributed by atoms with Crippen molar-refractivity contribution in [3.63, 3.8) is 0 Å². The summed E-state index contributed by atoms with van der Waals surface area (Å²) in [7, 11) is 1.44. The number of phenols is 1. The van der Waals surface area contributed by atoms with E-state index in [0.717, 1.165) is 0 Å². The fraction of sp³-hybridized carbons (Fsp3) is 0.100. The van der Waals surface area contributed by atoms with Crippen molar-refractivity contribution < 1.29 is 9.84 Å². The van der Waals surface area contributed by atoms with E-state index < -0.39 is 5.56 Å². The molecular formula is C10H11N5O3. The Morgan fingerprint density at radius 3 is 2.67 bits per heavy atom. The van der Waals surface area contributed by atoms with Crippen molar-refractivity contribution >= 4 is 17.2 Å². The number of aromatic amines is 2. The van der Waals surface area contributed by atoms with Crippen molar-refractivity contribution in [2.45, 2.75) is 0 Å². The first-order valence-electron chi connectivity index (χ1n) is 4.96. The van der Waals surface area contributed by atoms with Crippen LogP contribution < -0.4 is 16.0 Å². The Kier molecular flexibility index (Phi) is 3.00. The number of azo groups is 1. The lowest BCUT2D eigenvalue weighted by atomic mass is 10.3. The molecule has 1 aromatic carbocycles. The number of H-pyrrole nitrogens is 2. The van der Waals surface area contributed by atoms with Gasteiger partial charge in [0.15, 0.2) is 17.2 Å². The molecule has 0 bridgehead atoms. The van der Waals surface area contributed by atoms with Crippen LogP contribution in [-0.2, 0) is 0 Å². The first kappa shape index (κ1) is 11.7. The topological polar surface area (TPSA) is 129 Å². The number of aromatic nitrogens is 2. The van der Waals surface area contributed by atoms with Crippen molar-refractivity contribution in [1.29, 1.82) is 0 Å². The minimum absolute atomic E-state index is 0.00897. The highest BCUT2D eigenvalue weighted by atomic mass is 16.5. The zero-order valence-corrected chi connectivity index (χ0v) is 9.47. The molecule has 0 spiro atoms. The maximum atomic E-state index is 11.2. The van der Waals surface area contributed by atoms with Gasteiger partial charge in [0.25, 0.3) is 5.56 Å². The normalized spacial score (nSPS) is 10.9. The van der Waals surface area contributed by atoms with Gasteiger partial charge in [-0.15, -0.1) is 5.11 Å². The average Bonchev–Trinajstić information content (AvgIpc) is 2.67. The Bertz CT molecular complexity index is 643. The van der Waals surface area contributed by atoms with E-state index in [1.807, 2.05) is 0 Å². The number of methoxy groups -OCH3 is 1. The van der Waals surface area contributed by atoms with Gasteiger partial charge in [0, 0.05) is 6.07 Å². The molecule has 0 radical (unpaired) electrons. The summed E-state index contributed by atoms with van der Waals surface area (Å²) in [6, 6.07) is 4.48. The van der Waals surface area contributed by atoms with E-state index in [-0.39, 0.29) is 17.3 Å². The summed E-state index contributed by atoms with van der Waals surface area (Å²) in [6.07, 6.45) is 0. The monoisotopic (exact) mass is 249 g/mol. The first-order valence-corrected chi connectivity index (χ1v) is 4.96. The molecule has 1 heterocycles. The molecule has 8 heteroatoms. The van der Waals surface area contributed by atoms with Crippen molar-refractivity contribution in [2.75, 3.05) is 12.8 Å². The Hall–Kier alpha value is -2.77. The average molecular weight is 249 g/mol. The van der Waals surface area contributed by atoms with E-state index >= 15 is 0 Å². The van der Waals surface area contributed by atoms with Crippen molar-refractivity contribution in [3.05, 3.63) is 28.6 Å². The Morgan fingerprint density at radius 1 is 1.33 bits per heavy atom. The number of phenolic OH excluding ortho intramolecular Hbond substituents is 1. The number of nitrogens with one attached hydrogen (secondary N) is 2. The second kappa shape index (κ2) is 4.62. The fourth-order valence-electron chi connectivity index (χ4n) is 1.31. The van der Waals surface area contributed by atoms with Gasteiger partial charge in [-0.1, -0.05) is 0 Å². The summed E-state index contributed by atoms with van der Waals surface area (Å²) in [5, 5.41) is 21.7. The van der Waals surface area contributed by atoms with Crippen LogP contribution in [0, 0.1) is 0 Å². The Morgan fingerprint density at radius 2 is 2.11 bits per heavy atom. The predicted octanol–water partition coefficient (Wildman–Crippen LogP) is 1.41. The molecule has 0 amide bonds. The van der Waals surface area contributed by atoms with Gasteiger partial charge >= 0.3 is 0 Å². The smallest absolute Gasteiger partial charge is 0.293 e. The number of hydrogen-bond donors (Lipinski definition) is 4. The molecule has 0 unspecified atom stereocenters. The molecule has 94 valence electrons. The van der Waals surface area contributed by atoms with Crippen LogP contribution in [0.2, 0.25) is 0 Å². The van der Waals surface area contributed by atoms with Crippen LogP contribution in [0.25, 0.3) is 0 Å². The van der Waals surface area contributed by atoms with E-state index in [9.17, 15) is 9.90 Å². The lowest BCUT2D eigenvalue weighted by Gasteiger charge is -2.02. The zero-order valence-electron chi connectivity index (χ0n) is 9.47. The molecule has 1 aromatic heterocycles. The maximum Gasteiger partial charge on any atom is 0.293 e. The lowest BCUT2D eigenvalue weighted by Crippen LogP contribution is -1.96. The molecule has 5 N–H and O–H groups in total. The predicted molar refractivity (Wildman–Crippen MR) is 64.7 cm³/mol. The van der Waals surface area contributed by atoms with E-state index in [1.165, 1.54) is 19.2 Å². The molecule has 0 aliphatic carbocycles. The number of aromatic hydroxyl groups is 1. The standard InChI is InChI=1S/C10H11N5O3/c1-18-7-3-2-5(4-6(7)16)12-13-8-9(11)14-15-10(8)17/h2-4,16H,1H3,(H4,11,14,15,17). The third kappa shape index (κ3) is 2.17. The largest absolute Gasteiger partial charge is 0.504 e. The van der Waals surface area contributed by atoms with Crippen molar-refractivity contribution in [2.24, 2.45) is 10.2 Å². The first-order chi connectivity index (χ1) is 8.61. The van der Waals surface area contributed by atoms with Crippen LogP contribution >= 0.6 is 0 Å². The summed E-state index contributed by atoms with van der Waals surface area (Å²) >= 11 is 0. The van der Waals surface area contributed by atoms with Gasteiger partial charge < -0.3 is 15.6 Å². The van der Waals surface area contributed by atoms with E-state index in [0.29, 0.717) is 11.4 Å². The van der Waals surface area contributed by atoms with Crippen LogP contribution in [0.15, 0.2) is 33.2 Å². The quantitative estimate of drug-likeness (QED) is 0.613. The van der Waals surface area contributed by atoms with Gasteiger partial charge in [-0.2, -0.15) is 5.11 Å². The van der Waals surface area contributed by atoms with Gasteiger partial charge in [-0.3, -0.25) is 15.0 Å². The van der Waals surface area contributed by atoms with Gasteiger partial charge in [-0.25, -0.2) is 0 Å². The summed E-state index contributed by atoms with van der Waals surface area (Å²) in [5.74, 6) is 0.360. The number of hydrogen-bond acceptors (Lipinski definition) is 6. The number of nitrogens with two attached hydrogens (primary N) is 1. The summed E-state index contributed by atoms with van der Waals surface area (Å²) < 4.78 is 4.89. The number of benzene rings is 1. The Labute approximate surface area is 101 Å². The lowest BCUT2D eigenvalue weighted by molar-refractivity contribution is 0.373. The number of ether oxygens (including phenoxy) is 1. The molecule has 0 saturated carbocycles. The van der Waals surface area contributed by atoms with Crippen LogP contribution in [0.3, 0.4) is 0 Å². The zero-order chi connectivity index (χ0) is 13.1. The van der Waals surface area contributed by atoms with E-state index in [1.54, 1.807) is 6.07 Å². The second-order valence-electron chi connectivity index (χ2n) is 3.40. The van der Waals surface area contributed by atoms with Gasteiger partial charge in [-0.05, 0) is 12.1 Å². The molecule has 0 aliphatic rings. The summed E-state index contributed by atoms with van der Waals surface area (Å²) in [6.45, 7) is 0. The van der Waals surface area contributed by atoms with E-state index in [4.69, 9.17) is 10.5 Å². The molecule has 2 aromatic rings. The Balaban J connectivity index is 2.30. The number of anilines is 1. The van der Waals surface area contributed by atoms with Crippen LogP contribution in [-0.4, -0.2) is 22.4 Å². The van der Waals surface area contributed by atoms with Gasteiger partial charge in [0.2, 0.25) is 0 Å². The van der Waals surface area contributed by atoms with Crippen LogP contribution in [0.1, 0.15) is 0 Å². The molecular weight excluding hydrogens is 238 g/mol. The highest BCUT2D eigenvalue weighted by molar-refractivity contribution is 5.56. The minimum Gasteiger partial charge on any atom is -0.504 e. The maximum absolute atomic E-state index is 11.2. The van der Waals surface area contributed by atoms with Gasteiger partial charge in [0.1, 0.15) is 5.82 Å². The number of nitrogens with zero attached hydrogens (tertiary/aromatic N) is 2. The minimum atomic E-state index is -0.464. The third-order valence-corrected chi connectivity index (χ3v) is 2.21. The highest BCUT2D eigenvalue weighted by Gasteiger charge is 2.06. The van der Waals surface area contributed by atoms with Crippen LogP contribution in [0.4, 0.5) is 17.2 Å². The molecule has 8 nitrogen and oxygen atoms in total. The second-order valence-corrected chi connectivity index (χ2v) is 3.40. The highest BCUT2D eigenvalue weighted by Crippen LogP contribution is 2.30. The van der Waals surface area contributed by atoms with E-state index in [2.05, 4.69) is 20.4 Å². The molecule has 0 aliphatic heterocycles. The third-order valence-electron chi connectivity index (χ3n) is 2.21. The van der Waals surface area contributed by atoms with Crippen molar-refractivity contribution in [1.82, 2.24) is 10.2 Å². The van der Waals surface area contributed by atoms with Crippen LogP contribution in [0.5, 0.6) is 11.5 Å². The molecule has 18 heavy (non-hydrogen) atoms. The summed E-state index contributed by atoms with van der Waals surface area (Å²) in [5.41, 5.74) is 5.37.